The lowest BCUT2D eigenvalue weighted by Gasteiger charge is -2.35. The number of aliphatic hydroxyl groups excluding tert-OH is 1. The summed E-state index contributed by atoms with van der Waals surface area (Å²) in [6.07, 6.45) is 3.56. The Balaban J connectivity index is 0.000000200. The summed E-state index contributed by atoms with van der Waals surface area (Å²) in [5.74, 6) is -7.51. The molecule has 0 spiro atoms. The first-order valence-electron chi connectivity index (χ1n) is 49.9. The molecule has 6 aliphatic carbocycles. The van der Waals surface area contributed by atoms with Gasteiger partial charge in [-0.3, -0.25) is 48.2 Å². The summed E-state index contributed by atoms with van der Waals surface area (Å²) >= 11 is 16.6. The van der Waals surface area contributed by atoms with Crippen LogP contribution >= 0.6 is 45.9 Å². The Morgan fingerprint density at radius 1 is 0.503 bits per heavy atom. The molecule has 6 saturated carbocycles. The fourth-order valence-corrected chi connectivity index (χ4v) is 23.6. The summed E-state index contributed by atoms with van der Waals surface area (Å²) in [6.45, 7) is 31.1. The van der Waals surface area contributed by atoms with Gasteiger partial charge in [-0.2, -0.15) is 0 Å². The van der Waals surface area contributed by atoms with Gasteiger partial charge in [-0.05, 0) is 191 Å². The summed E-state index contributed by atoms with van der Waals surface area (Å²) in [5.41, 5.74) is -2.38. The largest absolute Gasteiger partial charge is 0.506 e. The SMILES string of the molecule is CC(C)(C)OC(=O)N1CC(F)(F)C[C@H]1CO.CC[C@@H]1C[C@]1(CC(=O)[C@@H]1C[C@@H](Oc2cc(-c3csc(NC(C)C)n3)nc3c(Cl)c(O)ccc23)CN1C(=O)[C@@H](CC(=O)OC1C[C@@H]2C[C@@H]2C1)C(C)(C)C)C(=O)OC.CC[C@@H]1C[C@]1(CC(=O)[C@@H]1C[C@@H](Oc2cc(-c3csc(NC(C)C)n3)nc3c(Cl)c(OC[C@@H]4CC(F)(F)CN4C(=O)OC(C)(C)C)ccc23)CN1C(=O)[C@@H](CC(=O)OC1C[C@@H]2C[C@@H]2C1)C(C)(C)C)C(=O)OC. The second-order valence-corrected chi connectivity index (χ2v) is 48.0. The van der Waals surface area contributed by atoms with Crippen molar-refractivity contribution in [1.82, 2.24) is 39.5 Å². The Morgan fingerprint density at radius 3 is 1.27 bits per heavy atom. The van der Waals surface area contributed by atoms with E-state index in [4.69, 9.17) is 90.9 Å². The normalized spacial score (nSPS) is 26.8. The minimum Gasteiger partial charge on any atom is -0.506 e. The highest BCUT2D eigenvalue weighted by Gasteiger charge is 2.64. The fraction of sp³-hybridized carbons (Fsp3) is 0.673. The molecular formula is C104H138Cl2F4N10O21S2. The number of aromatic hydroxyl groups is 1. The molecular weight excluding hydrogens is 1940 g/mol. The lowest BCUT2D eigenvalue weighted by atomic mass is 9.77. The van der Waals surface area contributed by atoms with Crippen molar-refractivity contribution in [3.63, 3.8) is 0 Å². The Hall–Kier alpha value is -9.72. The van der Waals surface area contributed by atoms with Crippen LogP contribution in [0.5, 0.6) is 23.0 Å². The third-order valence-corrected chi connectivity index (χ3v) is 31.5. The van der Waals surface area contributed by atoms with E-state index in [2.05, 4.69) is 10.6 Å². The molecule has 2 unspecified atom stereocenters. The number of methoxy groups -OCH3 is 2. The third-order valence-electron chi connectivity index (χ3n) is 29.2. The summed E-state index contributed by atoms with van der Waals surface area (Å²) in [5, 5.41) is 32.2. The molecule has 0 radical (unpaired) electrons. The van der Waals surface area contributed by atoms with Gasteiger partial charge in [-0.25, -0.2) is 47.1 Å². The Labute approximate surface area is 850 Å². The number of nitrogens with zero attached hydrogens (tertiary/aromatic N) is 8. The van der Waals surface area contributed by atoms with Crippen LogP contribution in [0.15, 0.2) is 47.2 Å². The molecule has 18 atom stereocenters. The minimum atomic E-state index is -3.16. The Bertz CT molecular complexity index is 5740. The fourth-order valence-electron chi connectivity index (χ4n) is 21.4. The monoisotopic (exact) mass is 2070 g/mol. The second-order valence-electron chi connectivity index (χ2n) is 45.5. The molecule has 10 aliphatic rings. The van der Waals surface area contributed by atoms with Crippen molar-refractivity contribution in [3.8, 4) is 45.8 Å². The molecule has 2 aromatic carbocycles. The van der Waals surface area contributed by atoms with Gasteiger partial charge in [0.15, 0.2) is 21.8 Å². The van der Waals surface area contributed by atoms with Crippen molar-refractivity contribution in [1.29, 1.82) is 0 Å². The number of Topliss-reactive ketones (excluding diaryl/α,β-unsaturated/α-hetero) is 2. The van der Waals surface area contributed by atoms with E-state index in [0.29, 0.717) is 98.6 Å². The lowest BCUT2D eigenvalue weighted by Crippen LogP contribution is -2.48. The molecule has 16 rings (SSSR count). The van der Waals surface area contributed by atoms with Gasteiger partial charge in [0.1, 0.15) is 86.7 Å². The van der Waals surface area contributed by atoms with E-state index < -0.39 is 162 Å². The van der Waals surface area contributed by atoms with Crippen LogP contribution in [0, 0.1) is 69.0 Å². The van der Waals surface area contributed by atoms with Crippen LogP contribution in [-0.4, -0.2) is 247 Å². The molecule has 10 fully saturated rings. The molecule has 4 N–H and O–H groups in total. The molecule has 4 aliphatic heterocycles. The van der Waals surface area contributed by atoms with Gasteiger partial charge in [0.05, 0.1) is 129 Å². The smallest absolute Gasteiger partial charge is 0.410 e. The molecule has 4 amide bonds. The van der Waals surface area contributed by atoms with Crippen molar-refractivity contribution < 1.29 is 118 Å². The van der Waals surface area contributed by atoms with Crippen molar-refractivity contribution in [2.45, 2.75) is 324 Å². The topological polar surface area (TPSA) is 383 Å². The van der Waals surface area contributed by atoms with E-state index in [-0.39, 0.29) is 145 Å². The van der Waals surface area contributed by atoms with E-state index in [1.807, 2.05) is 93.8 Å². The maximum atomic E-state index is 15.0. The van der Waals surface area contributed by atoms with E-state index in [1.54, 1.807) is 76.8 Å². The number of ketones is 2. The van der Waals surface area contributed by atoms with Crippen LogP contribution in [0.3, 0.4) is 0 Å². The number of ether oxygens (including phenoxy) is 9. The zero-order chi connectivity index (χ0) is 104. The number of nitrogens with one attached hydrogen (secondary N) is 2. The Kier molecular flexibility index (Phi) is 32.5. The average molecular weight is 2080 g/mol. The number of thiazole rings is 2. The van der Waals surface area contributed by atoms with Crippen molar-refractivity contribution in [2.24, 2.45) is 69.0 Å². The number of hydrogen-bond acceptors (Lipinski definition) is 29. The molecule has 8 heterocycles. The molecule has 784 valence electrons. The maximum Gasteiger partial charge on any atom is 0.410 e. The number of hydrogen-bond donors (Lipinski definition) is 4. The number of aliphatic hydroxyl groups is 1. The first-order valence-corrected chi connectivity index (χ1v) is 52.4. The minimum absolute atomic E-state index is 0.0138. The number of anilines is 2. The zero-order valence-corrected chi connectivity index (χ0v) is 88.4. The summed E-state index contributed by atoms with van der Waals surface area (Å²) in [7, 11) is 2.65. The van der Waals surface area contributed by atoms with Crippen molar-refractivity contribution in [3.05, 3.63) is 57.2 Å². The highest BCUT2D eigenvalue weighted by molar-refractivity contribution is 7.14. The number of fused-ring (bicyclic) bond motifs is 4. The van der Waals surface area contributed by atoms with E-state index in [0.717, 1.165) is 47.0 Å². The number of phenols is 1. The number of carbonyl (C=O) groups is 10. The number of carbonyl (C=O) groups excluding carboxylic acids is 10. The molecule has 31 nitrogen and oxygen atoms in total. The van der Waals surface area contributed by atoms with Gasteiger partial charge in [0.2, 0.25) is 11.8 Å². The quantitative estimate of drug-likeness (QED) is 0.0173. The molecule has 39 heteroatoms. The number of amides is 4. The summed E-state index contributed by atoms with van der Waals surface area (Å²) in [4.78, 5) is 161. The highest BCUT2D eigenvalue weighted by atomic mass is 35.5. The lowest BCUT2D eigenvalue weighted by molar-refractivity contribution is -0.157. The number of rotatable bonds is 32. The van der Waals surface area contributed by atoms with Crippen LogP contribution in [0.4, 0.5) is 37.4 Å². The number of alkyl halides is 4. The Morgan fingerprint density at radius 2 is 0.895 bits per heavy atom. The molecule has 6 aromatic rings. The van der Waals surface area contributed by atoms with Gasteiger partial charge < -0.3 is 73.3 Å². The number of halogens is 6. The predicted molar refractivity (Wildman–Crippen MR) is 531 cm³/mol. The van der Waals surface area contributed by atoms with E-state index in [1.165, 1.54) is 60.7 Å². The summed E-state index contributed by atoms with van der Waals surface area (Å²) in [6, 6.07) is 6.36. The van der Waals surface area contributed by atoms with Gasteiger partial charge in [0, 0.05) is 84.3 Å². The number of pyridine rings is 2. The average Bonchev–Trinajstić information content (AvgIpc) is 1.58. The number of phenolic OH excluding ortho intramolecular Hbond substituents is 1. The van der Waals surface area contributed by atoms with Gasteiger partial charge in [-0.1, -0.05) is 91.4 Å². The predicted octanol–water partition coefficient (Wildman–Crippen LogP) is 19.6. The van der Waals surface area contributed by atoms with Gasteiger partial charge in [-0.15, -0.1) is 22.7 Å². The van der Waals surface area contributed by atoms with Gasteiger partial charge in [0.25, 0.3) is 11.8 Å². The molecule has 0 bridgehead atoms. The van der Waals surface area contributed by atoms with Crippen LogP contribution in [0.25, 0.3) is 44.6 Å². The van der Waals surface area contributed by atoms with Crippen LogP contribution in [0.2, 0.25) is 10.0 Å². The number of benzene rings is 2. The standard InChI is InChI=1S/C52H68ClF2N5O10S.C42H53ClN4O8S.C10H17F2NO3/c1-11-30-20-51(30,46(64)66-10)22-39(61)38-17-33(23-59(38)45(63)35(49(4,5)6)18-42(62)69-32-15-28-14-29(28)16-32)68-41-19-36(37-25-71-47(58-37)56-27(2)3)57-44-34(41)12-13-40(43(44)53)67-24-31-21-52(54,55)26-60(31)48(65)70-50(7,8)9;1-8-24-17-42(24,39(52)53-7)18-33(49)31-14-26(19-47(31)38(51)28(41(4,5)6)15-35(50)55-25-12-22-11-23(22)13-25)54-34-16-29(30-20-56-40(46-30)44-21(2)3)45-37-27(34)9-10-32(48)36(37)43;1-9(2,3)16-8(15)13-6-10(11,12)4-7(13)5-14/h12-13,19,25,27-33,35,38H,11,14-18,20-24,26H2,1-10H3,(H,56,58);9-10,16,20-26,28,31,48H,8,11-15,17-19H2,1-7H3,(H,44,46);7,14H,4-6H2,1-3H3/t28-,29+,30-,31+,32?,33-,35-,38+,51-;22-,23+,24-,25?,26-,28-,31+,42-;7-/m110/s1. The number of aromatic nitrogens is 4. The highest BCUT2D eigenvalue weighted by Crippen LogP contribution is 2.61. The van der Waals surface area contributed by atoms with Crippen LogP contribution in [0.1, 0.15) is 240 Å². The number of likely N-dealkylation sites (tertiary alicyclic amines) is 4. The number of esters is 4. The molecule has 143 heavy (non-hydrogen) atoms. The second kappa shape index (κ2) is 42.6. The van der Waals surface area contributed by atoms with Crippen molar-refractivity contribution >= 4 is 137 Å². The first kappa shape index (κ1) is 109. The zero-order valence-electron chi connectivity index (χ0n) is 85.3. The van der Waals surface area contributed by atoms with E-state index >= 15 is 4.79 Å². The van der Waals surface area contributed by atoms with Crippen LogP contribution in [-0.2, 0) is 66.8 Å². The molecule has 4 aromatic heterocycles. The van der Waals surface area contributed by atoms with Crippen LogP contribution < -0.4 is 24.8 Å². The van der Waals surface area contributed by atoms with Crippen molar-refractivity contribution in [2.75, 3.05) is 64.2 Å². The first-order chi connectivity index (χ1) is 66.9. The third kappa shape index (κ3) is 25.8. The molecule has 4 saturated heterocycles. The maximum absolute atomic E-state index is 15.0. The summed E-state index contributed by atoms with van der Waals surface area (Å²) < 4.78 is 108. The van der Waals surface area contributed by atoms with E-state index in [9.17, 15) is 65.8 Å². The van der Waals surface area contributed by atoms with Gasteiger partial charge >= 0.3 is 36.1 Å².